The number of thioether (sulfide) groups is 1. The van der Waals surface area contributed by atoms with E-state index < -0.39 is 10.0 Å². The first-order valence-electron chi connectivity index (χ1n) is 6.65. The second kappa shape index (κ2) is 8.99. The van der Waals surface area contributed by atoms with Crippen LogP contribution in [-0.2, 0) is 14.8 Å². The average Bonchev–Trinajstić information content (AvgIpc) is 2.46. The Bertz CT molecular complexity index is 575. The predicted molar refractivity (Wildman–Crippen MR) is 87.3 cm³/mol. The van der Waals surface area contributed by atoms with Crippen molar-refractivity contribution in [3.8, 4) is 5.75 Å². The second-order valence-corrected chi connectivity index (χ2v) is 7.29. The maximum absolute atomic E-state index is 11.5. The van der Waals surface area contributed by atoms with E-state index in [0.29, 0.717) is 30.4 Å². The Kier molecular flexibility index (Phi) is 7.66. The SMILES string of the molecule is C[C@@H](CN)NC(=O)CSCCOc1ccc(S(N)(=O)=O)cc1. The fourth-order valence-electron chi connectivity index (χ4n) is 1.48. The highest BCUT2D eigenvalue weighted by atomic mass is 32.2. The molecule has 0 saturated heterocycles. The molecule has 0 unspecified atom stereocenters. The highest BCUT2D eigenvalue weighted by Gasteiger charge is 2.07. The van der Waals surface area contributed by atoms with E-state index in [9.17, 15) is 13.2 Å². The van der Waals surface area contributed by atoms with Crippen molar-refractivity contribution < 1.29 is 17.9 Å². The highest BCUT2D eigenvalue weighted by molar-refractivity contribution is 7.99. The molecule has 5 N–H and O–H groups in total. The van der Waals surface area contributed by atoms with Gasteiger partial charge in [0.2, 0.25) is 15.9 Å². The number of rotatable bonds is 9. The van der Waals surface area contributed by atoms with Gasteiger partial charge < -0.3 is 15.8 Å². The summed E-state index contributed by atoms with van der Waals surface area (Å²) >= 11 is 1.45. The number of primary sulfonamides is 1. The molecule has 0 fully saturated rings. The summed E-state index contributed by atoms with van der Waals surface area (Å²) in [5, 5.41) is 7.77. The molecule has 0 saturated carbocycles. The maximum atomic E-state index is 11.5. The molecule has 0 heterocycles. The van der Waals surface area contributed by atoms with E-state index in [4.69, 9.17) is 15.6 Å². The Morgan fingerprint density at radius 1 is 1.36 bits per heavy atom. The van der Waals surface area contributed by atoms with Gasteiger partial charge in [-0.3, -0.25) is 4.79 Å². The Morgan fingerprint density at radius 2 is 2.00 bits per heavy atom. The maximum Gasteiger partial charge on any atom is 0.238 e. The molecule has 124 valence electrons. The first kappa shape index (κ1) is 18.8. The Morgan fingerprint density at radius 3 is 2.55 bits per heavy atom. The van der Waals surface area contributed by atoms with Crippen molar-refractivity contribution in [1.29, 1.82) is 0 Å². The number of benzene rings is 1. The molecule has 1 aromatic carbocycles. The quantitative estimate of drug-likeness (QED) is 0.536. The number of sulfonamides is 1. The van der Waals surface area contributed by atoms with Crippen molar-refractivity contribution in [3.05, 3.63) is 24.3 Å². The fraction of sp³-hybridized carbons (Fsp3) is 0.462. The third-order valence-electron chi connectivity index (χ3n) is 2.64. The first-order chi connectivity index (χ1) is 10.3. The van der Waals surface area contributed by atoms with Gasteiger partial charge in [0.1, 0.15) is 5.75 Å². The van der Waals surface area contributed by atoms with Crippen LogP contribution in [0, 0.1) is 0 Å². The van der Waals surface area contributed by atoms with Crippen LogP contribution in [0.3, 0.4) is 0 Å². The van der Waals surface area contributed by atoms with Gasteiger partial charge >= 0.3 is 0 Å². The van der Waals surface area contributed by atoms with Crippen molar-refractivity contribution in [2.75, 3.05) is 24.7 Å². The molecule has 0 aliphatic heterocycles. The largest absolute Gasteiger partial charge is 0.493 e. The van der Waals surface area contributed by atoms with Crippen LogP contribution in [0.2, 0.25) is 0 Å². The van der Waals surface area contributed by atoms with E-state index in [2.05, 4.69) is 5.32 Å². The Labute approximate surface area is 134 Å². The normalized spacial score (nSPS) is 12.7. The molecule has 0 spiro atoms. The molecule has 1 amide bonds. The minimum absolute atomic E-state index is 0.0262. The van der Waals surface area contributed by atoms with Gasteiger partial charge in [-0.25, -0.2) is 13.6 Å². The van der Waals surface area contributed by atoms with Gasteiger partial charge in [-0.15, -0.1) is 11.8 Å². The summed E-state index contributed by atoms with van der Waals surface area (Å²) < 4.78 is 27.6. The molecule has 0 aliphatic rings. The minimum Gasteiger partial charge on any atom is -0.493 e. The van der Waals surface area contributed by atoms with Crippen molar-refractivity contribution in [2.24, 2.45) is 10.9 Å². The molecule has 1 aromatic rings. The Balaban J connectivity index is 2.24. The van der Waals surface area contributed by atoms with Gasteiger partial charge in [0.25, 0.3) is 0 Å². The van der Waals surface area contributed by atoms with E-state index >= 15 is 0 Å². The molecule has 7 nitrogen and oxygen atoms in total. The molecule has 0 bridgehead atoms. The number of nitrogens with two attached hydrogens (primary N) is 2. The van der Waals surface area contributed by atoms with Crippen LogP contribution in [0.15, 0.2) is 29.2 Å². The summed E-state index contributed by atoms with van der Waals surface area (Å²) in [6.45, 7) is 2.67. The zero-order valence-electron chi connectivity index (χ0n) is 12.3. The molecule has 0 radical (unpaired) electrons. The van der Waals surface area contributed by atoms with Crippen LogP contribution in [0.5, 0.6) is 5.75 Å². The van der Waals surface area contributed by atoms with Crippen LogP contribution in [0.1, 0.15) is 6.92 Å². The van der Waals surface area contributed by atoms with Gasteiger partial charge in [0, 0.05) is 18.3 Å². The monoisotopic (exact) mass is 347 g/mol. The van der Waals surface area contributed by atoms with E-state index in [1.54, 1.807) is 12.1 Å². The Hall–Kier alpha value is -1.29. The summed E-state index contributed by atoms with van der Waals surface area (Å²) in [5.74, 6) is 1.48. The minimum atomic E-state index is -3.68. The van der Waals surface area contributed by atoms with E-state index in [1.165, 1.54) is 23.9 Å². The van der Waals surface area contributed by atoms with Gasteiger partial charge in [-0.1, -0.05) is 0 Å². The second-order valence-electron chi connectivity index (χ2n) is 4.62. The smallest absolute Gasteiger partial charge is 0.238 e. The molecule has 0 aliphatic carbocycles. The molecule has 0 aromatic heterocycles. The molecule has 22 heavy (non-hydrogen) atoms. The summed E-state index contributed by atoms with van der Waals surface area (Å²) in [4.78, 5) is 11.5. The fourth-order valence-corrected chi connectivity index (χ4v) is 2.61. The first-order valence-corrected chi connectivity index (χ1v) is 9.36. The lowest BCUT2D eigenvalue weighted by Crippen LogP contribution is -2.38. The number of amides is 1. The number of hydrogen-bond acceptors (Lipinski definition) is 6. The summed E-state index contributed by atoms with van der Waals surface area (Å²) in [5.41, 5.74) is 5.41. The lowest BCUT2D eigenvalue weighted by Gasteiger charge is -2.11. The standard InChI is InChI=1S/C13H21N3O4S2/c1-10(8-14)16-13(17)9-21-7-6-20-11-2-4-12(5-3-11)22(15,18)19/h2-5,10H,6-9,14H2,1H3,(H,16,17)(H2,15,18,19)/t10-/m0/s1. The number of ether oxygens (including phenoxy) is 1. The van der Waals surface area contributed by atoms with Crippen molar-refractivity contribution in [3.63, 3.8) is 0 Å². The average molecular weight is 347 g/mol. The lowest BCUT2D eigenvalue weighted by atomic mass is 10.3. The lowest BCUT2D eigenvalue weighted by molar-refractivity contribution is -0.119. The molecular weight excluding hydrogens is 326 g/mol. The van der Waals surface area contributed by atoms with Gasteiger partial charge in [-0.05, 0) is 31.2 Å². The zero-order valence-corrected chi connectivity index (χ0v) is 14.0. The van der Waals surface area contributed by atoms with Crippen molar-refractivity contribution in [1.82, 2.24) is 5.32 Å². The van der Waals surface area contributed by atoms with Gasteiger partial charge in [0.05, 0.1) is 17.3 Å². The third-order valence-corrected chi connectivity index (χ3v) is 4.49. The predicted octanol–water partition coefficient (Wildman–Crippen LogP) is -0.0906. The molecular formula is C13H21N3O4S2. The summed E-state index contributed by atoms with van der Waals surface area (Å²) in [6.07, 6.45) is 0. The van der Waals surface area contributed by atoms with Crippen molar-refractivity contribution in [2.45, 2.75) is 17.9 Å². The van der Waals surface area contributed by atoms with Crippen molar-refractivity contribution >= 4 is 27.7 Å². The highest BCUT2D eigenvalue weighted by Crippen LogP contribution is 2.15. The molecule has 1 rings (SSSR count). The van der Waals surface area contributed by atoms with Gasteiger partial charge in [-0.2, -0.15) is 0 Å². The summed E-state index contributed by atoms with van der Waals surface area (Å²) in [6, 6.07) is 5.83. The number of carbonyl (C=O) groups is 1. The van der Waals surface area contributed by atoms with Crippen LogP contribution < -0.4 is 20.9 Å². The molecule has 9 heteroatoms. The third kappa shape index (κ3) is 7.12. The van der Waals surface area contributed by atoms with Gasteiger partial charge in [0.15, 0.2) is 0 Å². The zero-order chi connectivity index (χ0) is 16.6. The van der Waals surface area contributed by atoms with Crippen LogP contribution in [0.25, 0.3) is 0 Å². The molecule has 1 atom stereocenters. The van der Waals surface area contributed by atoms with E-state index in [0.717, 1.165) is 0 Å². The van der Waals surface area contributed by atoms with E-state index in [-0.39, 0.29) is 16.8 Å². The number of carbonyl (C=O) groups excluding carboxylic acids is 1. The number of hydrogen-bond donors (Lipinski definition) is 3. The summed E-state index contributed by atoms with van der Waals surface area (Å²) in [7, 11) is -3.68. The van der Waals surface area contributed by atoms with Crippen LogP contribution in [0.4, 0.5) is 0 Å². The number of nitrogens with one attached hydrogen (secondary N) is 1. The van der Waals surface area contributed by atoms with Crippen LogP contribution in [-0.4, -0.2) is 45.0 Å². The van der Waals surface area contributed by atoms with Crippen LogP contribution >= 0.6 is 11.8 Å². The van der Waals surface area contributed by atoms with E-state index in [1.807, 2.05) is 6.92 Å². The topological polar surface area (TPSA) is 125 Å².